The third-order valence-corrected chi connectivity index (χ3v) is 6.78. The van der Waals surface area contributed by atoms with E-state index < -0.39 is 0 Å². The summed E-state index contributed by atoms with van der Waals surface area (Å²) >= 11 is 0. The molecule has 3 unspecified atom stereocenters. The Morgan fingerprint density at radius 3 is 2.42 bits per heavy atom. The molecule has 3 aromatic rings. The molecule has 8 nitrogen and oxygen atoms in total. The van der Waals surface area contributed by atoms with E-state index in [2.05, 4.69) is 37.9 Å². The molecule has 0 saturated carbocycles. The highest BCUT2D eigenvalue weighted by Gasteiger charge is 2.43. The standard InChI is InChI=1S/C25H25N7O/c33-24(21-9-5-4-8-20(21)23-27-16-28-30-23)31-12-18-14-32(15-19(18)13-31)25-26-11-10-22(29-25)17-6-2-1-3-7-17/h1-11,16,18-19,23,30H,12-15H2,(H,27,28). The third kappa shape index (κ3) is 3.67. The zero-order valence-corrected chi connectivity index (χ0v) is 18.1. The number of nitrogens with one attached hydrogen (secondary N) is 2. The van der Waals surface area contributed by atoms with E-state index >= 15 is 0 Å². The summed E-state index contributed by atoms with van der Waals surface area (Å²) in [7, 11) is 0. The van der Waals surface area contributed by atoms with Crippen LogP contribution in [0, 0.1) is 11.8 Å². The monoisotopic (exact) mass is 439 g/mol. The lowest BCUT2D eigenvalue weighted by Gasteiger charge is -2.24. The SMILES string of the molecule is O=C(c1ccccc1C1NC=NN1)N1CC2CN(c3nccc(-c4ccccc4)n3)CC2C1. The third-order valence-electron chi connectivity index (χ3n) is 6.78. The van der Waals surface area contributed by atoms with Crippen molar-refractivity contribution in [2.45, 2.75) is 6.17 Å². The van der Waals surface area contributed by atoms with Crippen molar-refractivity contribution in [3.05, 3.63) is 78.0 Å². The molecule has 166 valence electrons. The predicted octanol–water partition coefficient (Wildman–Crippen LogP) is 2.49. The van der Waals surface area contributed by atoms with E-state index in [-0.39, 0.29) is 12.1 Å². The minimum atomic E-state index is -0.170. The van der Waals surface area contributed by atoms with Gasteiger partial charge in [0.15, 0.2) is 0 Å². The number of fused-ring (bicyclic) bond motifs is 1. The molecule has 3 aliphatic heterocycles. The van der Waals surface area contributed by atoms with Gasteiger partial charge in [-0.3, -0.25) is 10.2 Å². The number of aromatic nitrogens is 2. The van der Waals surface area contributed by atoms with Crippen LogP contribution in [-0.2, 0) is 0 Å². The van der Waals surface area contributed by atoms with Crippen LogP contribution in [0.4, 0.5) is 5.95 Å². The molecule has 0 spiro atoms. The van der Waals surface area contributed by atoms with E-state index in [4.69, 9.17) is 4.98 Å². The van der Waals surface area contributed by atoms with Crippen LogP contribution >= 0.6 is 0 Å². The Bertz CT molecular complexity index is 1180. The quantitative estimate of drug-likeness (QED) is 0.650. The number of rotatable bonds is 4. The van der Waals surface area contributed by atoms with Gasteiger partial charge in [-0.05, 0) is 12.1 Å². The van der Waals surface area contributed by atoms with Crippen molar-refractivity contribution in [3.8, 4) is 11.3 Å². The number of anilines is 1. The Labute approximate surface area is 192 Å². The average Bonchev–Trinajstić information content (AvgIpc) is 3.61. The molecule has 0 radical (unpaired) electrons. The van der Waals surface area contributed by atoms with Gasteiger partial charge in [0.25, 0.3) is 5.91 Å². The number of nitrogens with zero attached hydrogens (tertiary/aromatic N) is 5. The van der Waals surface area contributed by atoms with Crippen molar-refractivity contribution < 1.29 is 4.79 Å². The number of likely N-dealkylation sites (tertiary alicyclic amines) is 1. The molecule has 3 atom stereocenters. The summed E-state index contributed by atoms with van der Waals surface area (Å²) in [5, 5.41) is 7.16. The second-order valence-electron chi connectivity index (χ2n) is 8.82. The fraction of sp³-hybridized carbons (Fsp3) is 0.280. The molecule has 8 heteroatoms. The number of benzene rings is 2. The topological polar surface area (TPSA) is 85.8 Å². The first-order valence-corrected chi connectivity index (χ1v) is 11.3. The number of carbonyl (C=O) groups excluding carboxylic acids is 1. The van der Waals surface area contributed by atoms with E-state index in [1.165, 1.54) is 0 Å². The van der Waals surface area contributed by atoms with E-state index in [1.54, 1.807) is 6.34 Å². The molecular formula is C25H25N7O. The van der Waals surface area contributed by atoms with Crippen LogP contribution in [-0.4, -0.2) is 53.3 Å². The lowest BCUT2D eigenvalue weighted by atomic mass is 10.0. The number of carbonyl (C=O) groups is 1. The molecule has 0 aliphatic carbocycles. The lowest BCUT2D eigenvalue weighted by Crippen LogP contribution is -2.35. The number of hydrogen-bond donors (Lipinski definition) is 2. The van der Waals surface area contributed by atoms with Crippen molar-refractivity contribution >= 4 is 18.2 Å². The Hall–Kier alpha value is -3.94. The maximum Gasteiger partial charge on any atom is 0.254 e. The number of hydrogen-bond acceptors (Lipinski definition) is 7. The molecule has 1 amide bonds. The zero-order chi connectivity index (χ0) is 22.2. The normalized spacial score (nSPS) is 23.3. The molecule has 2 saturated heterocycles. The maximum absolute atomic E-state index is 13.4. The van der Waals surface area contributed by atoms with Crippen molar-refractivity contribution in [1.29, 1.82) is 0 Å². The summed E-state index contributed by atoms with van der Waals surface area (Å²) in [4.78, 5) is 27.0. The summed E-state index contributed by atoms with van der Waals surface area (Å²) in [6, 6.07) is 19.9. The van der Waals surface area contributed by atoms with Gasteiger partial charge >= 0.3 is 0 Å². The Morgan fingerprint density at radius 1 is 0.909 bits per heavy atom. The summed E-state index contributed by atoms with van der Waals surface area (Å²) < 4.78 is 0. The highest BCUT2D eigenvalue weighted by molar-refractivity contribution is 5.96. The van der Waals surface area contributed by atoms with Gasteiger partial charge in [-0.1, -0.05) is 48.5 Å². The van der Waals surface area contributed by atoms with E-state index in [0.717, 1.165) is 54.5 Å². The largest absolute Gasteiger partial charge is 0.350 e. The van der Waals surface area contributed by atoms with Crippen molar-refractivity contribution in [2.24, 2.45) is 16.9 Å². The summed E-state index contributed by atoms with van der Waals surface area (Å²) in [5.41, 5.74) is 6.68. The smallest absolute Gasteiger partial charge is 0.254 e. The second-order valence-corrected chi connectivity index (χ2v) is 8.82. The molecule has 6 rings (SSSR count). The van der Waals surface area contributed by atoms with Crippen molar-refractivity contribution in [1.82, 2.24) is 25.6 Å². The van der Waals surface area contributed by atoms with Crippen LogP contribution < -0.4 is 15.6 Å². The van der Waals surface area contributed by atoms with Gasteiger partial charge in [0.2, 0.25) is 5.95 Å². The highest BCUT2D eigenvalue weighted by atomic mass is 16.2. The van der Waals surface area contributed by atoms with Crippen LogP contribution in [0.1, 0.15) is 22.1 Å². The maximum atomic E-state index is 13.4. The molecule has 4 heterocycles. The molecule has 0 bridgehead atoms. The zero-order valence-electron chi connectivity index (χ0n) is 18.1. The minimum absolute atomic E-state index is 0.0874. The van der Waals surface area contributed by atoms with Gasteiger partial charge in [0.05, 0.1) is 5.69 Å². The molecule has 2 aromatic carbocycles. The van der Waals surface area contributed by atoms with Crippen molar-refractivity contribution in [2.75, 3.05) is 31.1 Å². The molecule has 2 N–H and O–H groups in total. The van der Waals surface area contributed by atoms with Crippen LogP contribution in [0.25, 0.3) is 11.3 Å². The van der Waals surface area contributed by atoms with Gasteiger partial charge in [0, 0.05) is 60.9 Å². The summed E-state index contributed by atoms with van der Waals surface area (Å²) in [5.74, 6) is 1.71. The molecule has 2 fully saturated rings. The van der Waals surface area contributed by atoms with Gasteiger partial charge in [-0.2, -0.15) is 5.10 Å². The Kier molecular flexibility index (Phi) is 4.90. The van der Waals surface area contributed by atoms with E-state index in [0.29, 0.717) is 11.8 Å². The van der Waals surface area contributed by atoms with Gasteiger partial charge in [-0.15, -0.1) is 0 Å². The first-order valence-electron chi connectivity index (χ1n) is 11.3. The first kappa shape index (κ1) is 19.7. The van der Waals surface area contributed by atoms with Gasteiger partial charge in [-0.25, -0.2) is 9.97 Å². The van der Waals surface area contributed by atoms with Crippen LogP contribution in [0.5, 0.6) is 0 Å². The molecule has 3 aliphatic rings. The minimum Gasteiger partial charge on any atom is -0.350 e. The van der Waals surface area contributed by atoms with E-state index in [1.807, 2.05) is 59.6 Å². The Balaban J connectivity index is 1.15. The number of amides is 1. The van der Waals surface area contributed by atoms with Crippen LogP contribution in [0.15, 0.2) is 72.0 Å². The summed E-state index contributed by atoms with van der Waals surface area (Å²) in [6.07, 6.45) is 3.28. The molecule has 1 aromatic heterocycles. The van der Waals surface area contributed by atoms with Crippen LogP contribution in [0.2, 0.25) is 0 Å². The van der Waals surface area contributed by atoms with Gasteiger partial charge in [0.1, 0.15) is 12.5 Å². The highest BCUT2D eigenvalue weighted by Crippen LogP contribution is 2.34. The predicted molar refractivity (Wildman–Crippen MR) is 127 cm³/mol. The first-order chi connectivity index (χ1) is 16.3. The van der Waals surface area contributed by atoms with Gasteiger partial charge < -0.3 is 15.1 Å². The van der Waals surface area contributed by atoms with Crippen LogP contribution in [0.3, 0.4) is 0 Å². The average molecular weight is 440 g/mol. The summed E-state index contributed by atoms with van der Waals surface area (Å²) in [6.45, 7) is 3.26. The Morgan fingerprint density at radius 2 is 1.67 bits per heavy atom. The fourth-order valence-electron chi connectivity index (χ4n) is 5.13. The second kappa shape index (κ2) is 8.20. The fourth-order valence-corrected chi connectivity index (χ4v) is 5.13. The molecular weight excluding hydrogens is 414 g/mol. The van der Waals surface area contributed by atoms with Crippen molar-refractivity contribution in [3.63, 3.8) is 0 Å². The lowest BCUT2D eigenvalue weighted by molar-refractivity contribution is 0.0780. The number of hydrazone groups is 1. The van der Waals surface area contributed by atoms with E-state index in [9.17, 15) is 4.79 Å². The molecule has 33 heavy (non-hydrogen) atoms.